The third-order valence-electron chi connectivity index (χ3n) is 8.21. The molecule has 3 unspecified atom stereocenters. The average molecular weight is 702 g/mol. The standard InChI is InChI=1S/C40H48NO8P/c1-38(2,3)35(42)45-24-28-31(47-36(43)39(4,5)6)32(48-37(44)40(7,8)9)30-34(46-28)49-33(41-30)27-22-16-17-23-29(27)50(25-18-12-10-13-19-25)26-20-14-11-15-21-26/h10-23,28,30-32,34H,24H2,1-9H3/t28?,30?,31-,32?,34+/m0/s1. The Kier molecular flexibility index (Phi) is 10.9. The fourth-order valence-electron chi connectivity index (χ4n) is 5.35. The van der Waals surface area contributed by atoms with Gasteiger partial charge in [-0.3, -0.25) is 14.4 Å². The van der Waals surface area contributed by atoms with Gasteiger partial charge in [0.2, 0.25) is 12.2 Å². The molecule has 2 aliphatic rings. The van der Waals surface area contributed by atoms with Crippen molar-refractivity contribution in [2.45, 2.75) is 93.0 Å². The van der Waals surface area contributed by atoms with Gasteiger partial charge in [-0.2, -0.15) is 0 Å². The minimum absolute atomic E-state index is 0.256. The number of carbonyl (C=O) groups excluding carboxylic acids is 3. The van der Waals surface area contributed by atoms with Gasteiger partial charge in [-0.15, -0.1) is 0 Å². The quantitative estimate of drug-likeness (QED) is 0.164. The highest BCUT2D eigenvalue weighted by Crippen LogP contribution is 2.39. The minimum Gasteiger partial charge on any atom is -0.462 e. The SMILES string of the molecule is CC(C)(C)C(=O)OCC1O[C@@H]2OC(c3ccccc3P(c3ccccc3)c3ccccc3)=NC2C(OC(=O)C(C)(C)C)[C@H]1OC(=O)C(C)(C)C. The largest absolute Gasteiger partial charge is 0.462 e. The molecule has 3 aromatic carbocycles. The Labute approximate surface area is 296 Å². The maximum atomic E-state index is 13.5. The van der Waals surface area contributed by atoms with Crippen molar-refractivity contribution in [2.75, 3.05) is 6.61 Å². The van der Waals surface area contributed by atoms with Crippen molar-refractivity contribution in [3.05, 3.63) is 90.5 Å². The molecule has 5 rings (SSSR count). The Morgan fingerprint density at radius 2 is 1.14 bits per heavy atom. The third-order valence-corrected chi connectivity index (χ3v) is 10.7. The average Bonchev–Trinajstić information content (AvgIpc) is 3.48. The van der Waals surface area contributed by atoms with Crippen molar-refractivity contribution >= 4 is 47.6 Å². The van der Waals surface area contributed by atoms with E-state index in [-0.39, 0.29) is 6.61 Å². The summed E-state index contributed by atoms with van der Waals surface area (Å²) in [6.45, 7) is 15.4. The third kappa shape index (κ3) is 8.44. The maximum absolute atomic E-state index is 13.5. The van der Waals surface area contributed by atoms with Crippen LogP contribution in [-0.4, -0.2) is 61.1 Å². The summed E-state index contributed by atoms with van der Waals surface area (Å²) in [6.07, 6.45) is -4.27. The lowest BCUT2D eigenvalue weighted by Gasteiger charge is -2.42. The predicted molar refractivity (Wildman–Crippen MR) is 194 cm³/mol. The number of nitrogens with zero attached hydrogens (tertiary/aromatic N) is 1. The van der Waals surface area contributed by atoms with Gasteiger partial charge < -0.3 is 23.7 Å². The number of hydrogen-bond acceptors (Lipinski definition) is 9. The van der Waals surface area contributed by atoms with E-state index in [0.717, 1.165) is 21.5 Å². The lowest BCUT2D eigenvalue weighted by molar-refractivity contribution is -0.254. The molecule has 0 spiro atoms. The first-order chi connectivity index (χ1) is 23.4. The van der Waals surface area contributed by atoms with Crippen molar-refractivity contribution in [3.63, 3.8) is 0 Å². The number of benzene rings is 3. The van der Waals surface area contributed by atoms with Crippen molar-refractivity contribution < 1.29 is 38.1 Å². The number of ether oxygens (including phenoxy) is 5. The minimum atomic E-state index is -1.14. The van der Waals surface area contributed by atoms with E-state index < -0.39 is 72.7 Å². The van der Waals surface area contributed by atoms with Crippen LogP contribution in [0.15, 0.2) is 89.9 Å². The molecule has 1 fully saturated rings. The molecular formula is C40H48NO8P. The van der Waals surface area contributed by atoms with Gasteiger partial charge in [0.15, 0.2) is 18.2 Å². The van der Waals surface area contributed by atoms with Crippen LogP contribution in [0.4, 0.5) is 0 Å². The second kappa shape index (κ2) is 14.7. The summed E-state index contributed by atoms with van der Waals surface area (Å²) in [5.41, 5.74) is -1.77. The first-order valence-electron chi connectivity index (χ1n) is 16.9. The molecule has 0 bridgehead atoms. The van der Waals surface area contributed by atoms with Gasteiger partial charge in [0.25, 0.3) is 0 Å². The number of esters is 3. The molecule has 266 valence electrons. The fourth-order valence-corrected chi connectivity index (χ4v) is 7.79. The zero-order valence-electron chi connectivity index (χ0n) is 30.3. The van der Waals surface area contributed by atoms with Crippen LogP contribution in [0, 0.1) is 16.2 Å². The molecule has 9 nitrogen and oxygen atoms in total. The van der Waals surface area contributed by atoms with E-state index in [2.05, 4.69) is 30.3 Å². The summed E-state index contributed by atoms with van der Waals surface area (Å²) in [5.74, 6) is -1.18. The molecule has 1 saturated heterocycles. The maximum Gasteiger partial charge on any atom is 0.311 e. The molecule has 0 aliphatic carbocycles. The van der Waals surface area contributed by atoms with Gasteiger partial charge in [-0.05, 0) is 92.2 Å². The van der Waals surface area contributed by atoms with E-state index in [1.54, 1.807) is 62.3 Å². The smallest absolute Gasteiger partial charge is 0.311 e. The summed E-state index contributed by atoms with van der Waals surface area (Å²) >= 11 is 0. The summed E-state index contributed by atoms with van der Waals surface area (Å²) in [5, 5.41) is 3.33. The van der Waals surface area contributed by atoms with Crippen LogP contribution >= 0.6 is 7.92 Å². The normalized spacial score (nSPS) is 22.2. The molecule has 0 aromatic heterocycles. The van der Waals surface area contributed by atoms with Crippen LogP contribution in [-0.2, 0) is 38.1 Å². The van der Waals surface area contributed by atoms with E-state index in [1.807, 2.05) is 54.6 Å². The second-order valence-corrected chi connectivity index (χ2v) is 17.9. The number of carbonyl (C=O) groups is 3. The lowest BCUT2D eigenvalue weighted by atomic mass is 9.93. The van der Waals surface area contributed by atoms with E-state index in [1.165, 1.54) is 0 Å². The second-order valence-electron chi connectivity index (χ2n) is 15.7. The highest BCUT2D eigenvalue weighted by molar-refractivity contribution is 7.80. The fraction of sp³-hybridized carbons (Fsp3) is 0.450. The number of aliphatic imine (C=N–C) groups is 1. The molecule has 0 N–H and O–H groups in total. The van der Waals surface area contributed by atoms with Crippen molar-refractivity contribution in [2.24, 2.45) is 21.2 Å². The van der Waals surface area contributed by atoms with Crippen LogP contribution in [0.2, 0.25) is 0 Å². The van der Waals surface area contributed by atoms with Gasteiger partial charge in [0.05, 0.1) is 16.2 Å². The molecule has 50 heavy (non-hydrogen) atoms. The summed E-state index contributed by atoms with van der Waals surface area (Å²) in [4.78, 5) is 44.7. The molecule has 2 heterocycles. The Hall–Kier alpha value is -4.07. The van der Waals surface area contributed by atoms with Crippen LogP contribution in [0.25, 0.3) is 0 Å². The summed E-state index contributed by atoms with van der Waals surface area (Å²) < 4.78 is 30.9. The number of hydrogen-bond donors (Lipinski definition) is 0. The van der Waals surface area contributed by atoms with E-state index >= 15 is 0 Å². The van der Waals surface area contributed by atoms with Crippen LogP contribution in [0.1, 0.15) is 67.9 Å². The zero-order valence-corrected chi connectivity index (χ0v) is 31.2. The van der Waals surface area contributed by atoms with Gasteiger partial charge in [-0.1, -0.05) is 78.9 Å². The van der Waals surface area contributed by atoms with E-state index in [4.69, 9.17) is 28.7 Å². The number of rotatable bonds is 8. The van der Waals surface area contributed by atoms with Crippen LogP contribution < -0.4 is 15.9 Å². The molecule has 0 radical (unpaired) electrons. The van der Waals surface area contributed by atoms with Crippen molar-refractivity contribution in [1.29, 1.82) is 0 Å². The van der Waals surface area contributed by atoms with Gasteiger partial charge in [0, 0.05) is 5.56 Å². The topological polar surface area (TPSA) is 110 Å². The Balaban J connectivity index is 1.59. The lowest BCUT2D eigenvalue weighted by Crippen LogP contribution is -2.61. The zero-order chi connectivity index (χ0) is 36.4. The van der Waals surface area contributed by atoms with Gasteiger partial charge in [0.1, 0.15) is 12.7 Å². The Morgan fingerprint density at radius 1 is 0.660 bits per heavy atom. The van der Waals surface area contributed by atoms with Gasteiger partial charge >= 0.3 is 17.9 Å². The van der Waals surface area contributed by atoms with E-state index in [0.29, 0.717) is 5.90 Å². The van der Waals surface area contributed by atoms with Gasteiger partial charge in [-0.25, -0.2) is 4.99 Å². The van der Waals surface area contributed by atoms with E-state index in [9.17, 15) is 14.4 Å². The molecule has 2 aliphatic heterocycles. The molecule has 0 saturated carbocycles. The Bertz CT molecular complexity index is 1670. The monoisotopic (exact) mass is 701 g/mol. The van der Waals surface area contributed by atoms with Crippen molar-refractivity contribution in [1.82, 2.24) is 0 Å². The van der Waals surface area contributed by atoms with Crippen LogP contribution in [0.5, 0.6) is 0 Å². The Morgan fingerprint density at radius 3 is 1.66 bits per heavy atom. The first kappa shape index (κ1) is 37.2. The molecular weight excluding hydrogens is 653 g/mol. The molecule has 0 amide bonds. The highest BCUT2D eigenvalue weighted by Gasteiger charge is 2.56. The predicted octanol–water partition coefficient (Wildman–Crippen LogP) is 5.82. The highest BCUT2D eigenvalue weighted by atomic mass is 31.1. The summed E-state index contributed by atoms with van der Waals surface area (Å²) in [7, 11) is -1.03. The number of fused-ring (bicyclic) bond motifs is 1. The summed E-state index contributed by atoms with van der Waals surface area (Å²) in [6, 6.07) is 27.7. The van der Waals surface area contributed by atoms with Crippen molar-refractivity contribution in [3.8, 4) is 0 Å². The molecule has 5 atom stereocenters. The molecule has 10 heteroatoms. The first-order valence-corrected chi connectivity index (χ1v) is 18.3. The van der Waals surface area contributed by atoms with Crippen LogP contribution in [0.3, 0.4) is 0 Å². The molecule has 3 aromatic rings.